The minimum atomic E-state index is -1.35. The quantitative estimate of drug-likeness (QED) is 0.402. The van der Waals surface area contributed by atoms with Crippen molar-refractivity contribution in [1.82, 2.24) is 0 Å². The number of nitro groups is 1. The molecular weight excluding hydrogens is 370 g/mol. The Labute approximate surface area is 159 Å². The summed E-state index contributed by atoms with van der Waals surface area (Å²) in [6, 6.07) is 7.61. The second kappa shape index (κ2) is 7.92. The van der Waals surface area contributed by atoms with Crippen molar-refractivity contribution < 1.29 is 29.5 Å². The number of nitrogens with zero attached hydrogens (tertiary/aromatic N) is 2. The molecule has 146 valence electrons. The van der Waals surface area contributed by atoms with Gasteiger partial charge in [0.05, 0.1) is 29.4 Å². The number of nitrogens with one attached hydrogen (secondary N) is 1. The highest BCUT2D eigenvalue weighted by Crippen LogP contribution is 2.28. The number of carbonyl (C=O) groups is 2. The number of rotatable bonds is 5. The van der Waals surface area contributed by atoms with E-state index in [0.29, 0.717) is 32.0 Å². The Hall–Kier alpha value is -3.66. The van der Waals surface area contributed by atoms with Crippen LogP contribution in [0.25, 0.3) is 0 Å². The first-order chi connectivity index (χ1) is 13.4. The van der Waals surface area contributed by atoms with Gasteiger partial charge >= 0.3 is 5.97 Å². The summed E-state index contributed by atoms with van der Waals surface area (Å²) in [4.78, 5) is 36.4. The number of phenols is 1. The second-order valence-corrected chi connectivity index (χ2v) is 6.05. The highest BCUT2D eigenvalue weighted by molar-refractivity contribution is 6.09. The Bertz CT molecular complexity index is 939. The summed E-state index contributed by atoms with van der Waals surface area (Å²) in [5.74, 6) is -2.42. The zero-order valence-electron chi connectivity index (χ0n) is 14.6. The number of carboxylic acid groups (broad SMARTS) is 1. The molecule has 0 radical (unpaired) electrons. The van der Waals surface area contributed by atoms with Gasteiger partial charge in [0.1, 0.15) is 11.3 Å². The predicted octanol–water partition coefficient (Wildman–Crippen LogP) is 2.09. The molecule has 0 saturated carbocycles. The third-order valence-electron chi connectivity index (χ3n) is 4.27. The van der Waals surface area contributed by atoms with Crippen LogP contribution >= 0.6 is 0 Å². The van der Waals surface area contributed by atoms with Gasteiger partial charge in [0, 0.05) is 30.9 Å². The van der Waals surface area contributed by atoms with Crippen molar-refractivity contribution in [3.63, 3.8) is 0 Å². The predicted molar refractivity (Wildman–Crippen MR) is 99.1 cm³/mol. The minimum absolute atomic E-state index is 0.0843. The SMILES string of the molecule is O=C(O)c1cc(NC(=O)c2cc([N+](=O)[O-])ccc2N2CCOCC2)ccc1O. The number of nitro benzene ring substituents is 1. The standard InChI is InChI=1S/C18H17N3O7/c22-16-4-1-11(9-14(16)18(24)25)19-17(23)13-10-12(21(26)27)2-3-15(13)20-5-7-28-8-6-20/h1-4,9-10,22H,5-8H2,(H,19,23)(H,24,25). The Morgan fingerprint density at radius 2 is 1.82 bits per heavy atom. The number of ether oxygens (including phenoxy) is 1. The largest absolute Gasteiger partial charge is 0.507 e. The number of aromatic carboxylic acids is 1. The van der Waals surface area contributed by atoms with Crippen molar-refractivity contribution in [1.29, 1.82) is 0 Å². The van der Waals surface area contributed by atoms with Gasteiger partial charge in [0.15, 0.2) is 0 Å². The lowest BCUT2D eigenvalue weighted by atomic mass is 10.1. The molecule has 2 aromatic carbocycles. The van der Waals surface area contributed by atoms with Gasteiger partial charge in [0.25, 0.3) is 11.6 Å². The molecule has 10 heteroatoms. The number of hydrogen-bond acceptors (Lipinski definition) is 7. The van der Waals surface area contributed by atoms with Crippen LogP contribution in [0.3, 0.4) is 0 Å². The van der Waals surface area contributed by atoms with E-state index >= 15 is 0 Å². The van der Waals surface area contributed by atoms with Gasteiger partial charge in [-0.25, -0.2) is 4.79 Å². The molecule has 1 amide bonds. The van der Waals surface area contributed by atoms with E-state index in [1.807, 2.05) is 4.90 Å². The van der Waals surface area contributed by atoms with Crippen LogP contribution in [0.2, 0.25) is 0 Å². The number of amides is 1. The number of carbonyl (C=O) groups excluding carboxylic acids is 1. The number of anilines is 2. The van der Waals surface area contributed by atoms with Crippen LogP contribution in [0.1, 0.15) is 20.7 Å². The molecule has 1 fully saturated rings. The topological polar surface area (TPSA) is 142 Å². The fourth-order valence-electron chi connectivity index (χ4n) is 2.88. The third kappa shape index (κ3) is 4.01. The van der Waals surface area contributed by atoms with Crippen LogP contribution in [0, 0.1) is 10.1 Å². The summed E-state index contributed by atoms with van der Waals surface area (Å²) >= 11 is 0. The average molecular weight is 387 g/mol. The van der Waals surface area contributed by atoms with Crippen LogP contribution < -0.4 is 10.2 Å². The van der Waals surface area contributed by atoms with Gasteiger partial charge in [-0.2, -0.15) is 0 Å². The molecule has 3 rings (SSSR count). The van der Waals surface area contributed by atoms with Crippen molar-refractivity contribution in [3.8, 4) is 5.75 Å². The molecule has 1 aliphatic heterocycles. The van der Waals surface area contributed by atoms with Gasteiger partial charge in [-0.05, 0) is 24.3 Å². The monoisotopic (exact) mass is 387 g/mol. The van der Waals surface area contributed by atoms with Gasteiger partial charge < -0.3 is 25.2 Å². The smallest absolute Gasteiger partial charge is 0.339 e. The Morgan fingerprint density at radius 1 is 1.11 bits per heavy atom. The fourth-order valence-corrected chi connectivity index (χ4v) is 2.88. The summed E-state index contributed by atoms with van der Waals surface area (Å²) in [6.45, 7) is 2.00. The van der Waals surface area contributed by atoms with E-state index in [0.717, 1.165) is 12.1 Å². The molecule has 0 unspecified atom stereocenters. The molecule has 1 heterocycles. The van der Waals surface area contributed by atoms with E-state index in [-0.39, 0.29) is 22.5 Å². The van der Waals surface area contributed by atoms with E-state index in [9.17, 15) is 24.8 Å². The average Bonchev–Trinajstić information content (AvgIpc) is 2.69. The maximum Gasteiger partial charge on any atom is 0.339 e. The van der Waals surface area contributed by atoms with E-state index in [1.54, 1.807) is 0 Å². The molecule has 3 N–H and O–H groups in total. The lowest BCUT2D eigenvalue weighted by Crippen LogP contribution is -2.37. The minimum Gasteiger partial charge on any atom is -0.507 e. The summed E-state index contributed by atoms with van der Waals surface area (Å²) in [7, 11) is 0. The van der Waals surface area contributed by atoms with Crippen molar-refractivity contribution in [2.75, 3.05) is 36.5 Å². The van der Waals surface area contributed by atoms with Crippen molar-refractivity contribution in [2.45, 2.75) is 0 Å². The Kier molecular flexibility index (Phi) is 5.41. The van der Waals surface area contributed by atoms with Crippen molar-refractivity contribution in [2.24, 2.45) is 0 Å². The molecule has 10 nitrogen and oxygen atoms in total. The van der Waals surface area contributed by atoms with E-state index in [1.165, 1.54) is 24.3 Å². The molecule has 0 spiro atoms. The third-order valence-corrected chi connectivity index (χ3v) is 4.27. The highest BCUT2D eigenvalue weighted by atomic mass is 16.6. The molecule has 1 saturated heterocycles. The molecular formula is C18H17N3O7. The van der Waals surface area contributed by atoms with Crippen molar-refractivity contribution in [3.05, 3.63) is 57.6 Å². The van der Waals surface area contributed by atoms with Crippen molar-refractivity contribution >= 4 is 28.9 Å². The highest BCUT2D eigenvalue weighted by Gasteiger charge is 2.22. The molecule has 0 atom stereocenters. The first kappa shape index (κ1) is 19.1. The lowest BCUT2D eigenvalue weighted by molar-refractivity contribution is -0.384. The Balaban J connectivity index is 1.95. The zero-order valence-corrected chi connectivity index (χ0v) is 14.6. The first-order valence-electron chi connectivity index (χ1n) is 8.35. The van der Waals surface area contributed by atoms with Gasteiger partial charge in [-0.15, -0.1) is 0 Å². The maximum absolute atomic E-state index is 12.8. The summed E-state index contributed by atoms with van der Waals surface area (Å²) in [6.07, 6.45) is 0. The van der Waals surface area contributed by atoms with Gasteiger partial charge in [0.2, 0.25) is 0 Å². The van der Waals surface area contributed by atoms with Crippen LogP contribution in [-0.2, 0) is 4.74 Å². The maximum atomic E-state index is 12.8. The number of non-ortho nitro benzene ring substituents is 1. The number of morpholine rings is 1. The first-order valence-corrected chi connectivity index (χ1v) is 8.35. The summed E-state index contributed by atoms with van der Waals surface area (Å²) in [5.41, 5.74) is 0.133. The Morgan fingerprint density at radius 3 is 2.46 bits per heavy atom. The molecule has 2 aromatic rings. The van der Waals surface area contributed by atoms with E-state index in [2.05, 4.69) is 5.32 Å². The van der Waals surface area contributed by atoms with Crippen LogP contribution in [0.4, 0.5) is 17.1 Å². The number of hydrogen-bond donors (Lipinski definition) is 3. The van der Waals surface area contributed by atoms with E-state index in [4.69, 9.17) is 9.84 Å². The number of benzene rings is 2. The summed E-state index contributed by atoms with van der Waals surface area (Å²) in [5, 5.41) is 32.3. The molecule has 1 aliphatic rings. The summed E-state index contributed by atoms with van der Waals surface area (Å²) < 4.78 is 5.30. The molecule has 28 heavy (non-hydrogen) atoms. The molecule has 0 bridgehead atoms. The fraction of sp³-hybridized carbons (Fsp3) is 0.222. The lowest BCUT2D eigenvalue weighted by Gasteiger charge is -2.30. The molecule has 0 aliphatic carbocycles. The van der Waals surface area contributed by atoms with Crippen LogP contribution in [0.15, 0.2) is 36.4 Å². The zero-order chi connectivity index (χ0) is 20.3. The van der Waals surface area contributed by atoms with Crippen LogP contribution in [-0.4, -0.2) is 53.3 Å². The van der Waals surface area contributed by atoms with E-state index < -0.39 is 22.5 Å². The molecule has 0 aromatic heterocycles. The second-order valence-electron chi connectivity index (χ2n) is 6.05. The number of aromatic hydroxyl groups is 1. The number of carboxylic acids is 1. The van der Waals surface area contributed by atoms with Gasteiger partial charge in [-0.3, -0.25) is 14.9 Å². The normalized spacial score (nSPS) is 13.8. The van der Waals surface area contributed by atoms with Gasteiger partial charge in [-0.1, -0.05) is 0 Å². The van der Waals surface area contributed by atoms with Crippen LogP contribution in [0.5, 0.6) is 5.75 Å².